The van der Waals surface area contributed by atoms with E-state index in [4.69, 9.17) is 10.5 Å². The van der Waals surface area contributed by atoms with Crippen molar-refractivity contribution in [3.05, 3.63) is 65.4 Å². The molecule has 2 aromatic rings. The molecule has 0 heterocycles. The minimum Gasteiger partial charge on any atom is -0.462 e. The van der Waals surface area contributed by atoms with Gasteiger partial charge in [0.1, 0.15) is 0 Å². The highest BCUT2D eigenvalue weighted by Gasteiger charge is 2.13. The Kier molecular flexibility index (Phi) is 5.90. The average molecular weight is 322 g/mol. The Labute approximate surface area is 142 Å². The number of benzene rings is 2. The van der Waals surface area contributed by atoms with Crippen molar-refractivity contribution in [3.8, 4) is 11.1 Å². The van der Waals surface area contributed by atoms with E-state index in [1.165, 1.54) is 0 Å². The van der Waals surface area contributed by atoms with Gasteiger partial charge in [-0.15, -0.1) is 0 Å². The average Bonchev–Trinajstić information content (AvgIpc) is 2.56. The molecule has 0 bridgehead atoms. The summed E-state index contributed by atoms with van der Waals surface area (Å²) in [4.78, 5) is 16.5. The zero-order chi connectivity index (χ0) is 17.5. The van der Waals surface area contributed by atoms with Gasteiger partial charge in [0.05, 0.1) is 17.9 Å². The molecule has 4 nitrogen and oxygen atoms in total. The molecular weight excluding hydrogens is 300 g/mol. The molecule has 2 N–H and O–H groups in total. The highest BCUT2D eigenvalue weighted by Crippen LogP contribution is 2.29. The van der Waals surface area contributed by atoms with Gasteiger partial charge < -0.3 is 10.5 Å². The fourth-order valence-corrected chi connectivity index (χ4v) is 2.32. The van der Waals surface area contributed by atoms with Gasteiger partial charge in [-0.25, -0.2) is 4.79 Å². The van der Waals surface area contributed by atoms with Gasteiger partial charge in [-0.3, -0.25) is 4.99 Å². The second-order valence-electron chi connectivity index (χ2n) is 5.46. The summed E-state index contributed by atoms with van der Waals surface area (Å²) in [6.07, 6.45) is 3.44. The molecule has 124 valence electrons. The molecule has 0 aliphatic carbocycles. The molecule has 0 aromatic heterocycles. The number of esters is 1. The van der Waals surface area contributed by atoms with E-state index >= 15 is 0 Å². The number of nitrogens with two attached hydrogens (primary N) is 1. The van der Waals surface area contributed by atoms with Crippen molar-refractivity contribution < 1.29 is 9.53 Å². The van der Waals surface area contributed by atoms with Crippen LogP contribution in [0.3, 0.4) is 0 Å². The van der Waals surface area contributed by atoms with Crippen molar-refractivity contribution in [1.82, 2.24) is 0 Å². The minimum absolute atomic E-state index is 0.309. The van der Waals surface area contributed by atoms with Crippen molar-refractivity contribution in [2.24, 2.45) is 10.7 Å². The van der Waals surface area contributed by atoms with Gasteiger partial charge in [-0.1, -0.05) is 24.3 Å². The van der Waals surface area contributed by atoms with Crippen molar-refractivity contribution in [2.75, 3.05) is 6.61 Å². The van der Waals surface area contributed by atoms with Gasteiger partial charge in [-0.2, -0.15) is 0 Å². The summed E-state index contributed by atoms with van der Waals surface area (Å²) in [6, 6.07) is 13.4. The standard InChI is InChI=1S/C20H22N2O2/c1-4-24-20(23)18-8-6-5-7-17(18)16-9-10-19(14(2)13-16)22-12-11-15(3)21/h5-13H,4,21H2,1-3H3. The van der Waals surface area contributed by atoms with Gasteiger partial charge in [-0.05, 0) is 61.7 Å². The van der Waals surface area contributed by atoms with E-state index in [2.05, 4.69) is 4.99 Å². The quantitative estimate of drug-likeness (QED) is 0.655. The maximum Gasteiger partial charge on any atom is 0.338 e. The Bertz CT molecular complexity index is 788. The summed E-state index contributed by atoms with van der Waals surface area (Å²) in [7, 11) is 0. The molecule has 0 aliphatic heterocycles. The molecule has 2 aromatic carbocycles. The first-order valence-corrected chi connectivity index (χ1v) is 7.86. The van der Waals surface area contributed by atoms with Crippen LogP contribution in [-0.2, 0) is 4.74 Å². The molecular formula is C20H22N2O2. The van der Waals surface area contributed by atoms with E-state index in [0.717, 1.165) is 22.4 Å². The third-order valence-corrected chi connectivity index (χ3v) is 3.48. The van der Waals surface area contributed by atoms with Crippen molar-refractivity contribution in [3.63, 3.8) is 0 Å². The van der Waals surface area contributed by atoms with Crippen LogP contribution < -0.4 is 5.73 Å². The van der Waals surface area contributed by atoms with E-state index in [0.29, 0.717) is 17.9 Å². The molecule has 0 fully saturated rings. The van der Waals surface area contributed by atoms with E-state index in [9.17, 15) is 4.79 Å². The zero-order valence-corrected chi connectivity index (χ0v) is 14.2. The van der Waals surface area contributed by atoms with Crippen LogP contribution in [-0.4, -0.2) is 18.8 Å². The fourth-order valence-electron chi connectivity index (χ4n) is 2.32. The summed E-state index contributed by atoms with van der Waals surface area (Å²) in [6.45, 7) is 5.96. The third-order valence-electron chi connectivity index (χ3n) is 3.48. The normalized spacial score (nSPS) is 11.7. The summed E-state index contributed by atoms with van der Waals surface area (Å²) >= 11 is 0. The fraction of sp³-hybridized carbons (Fsp3) is 0.200. The minimum atomic E-state index is -0.309. The van der Waals surface area contributed by atoms with Crippen molar-refractivity contribution >= 4 is 17.9 Å². The number of carbonyl (C=O) groups is 1. The number of ether oxygens (including phenoxy) is 1. The van der Waals surface area contributed by atoms with Crippen LogP contribution in [0.2, 0.25) is 0 Å². The molecule has 0 unspecified atom stereocenters. The summed E-state index contributed by atoms with van der Waals surface area (Å²) in [5, 5.41) is 0. The highest BCUT2D eigenvalue weighted by molar-refractivity contribution is 5.97. The number of allylic oxidation sites excluding steroid dienone is 2. The number of nitrogens with zero attached hydrogens (tertiary/aromatic N) is 1. The Morgan fingerprint density at radius 2 is 2.00 bits per heavy atom. The van der Waals surface area contributed by atoms with Crippen LogP contribution >= 0.6 is 0 Å². The number of aliphatic imine (C=N–C) groups is 1. The SMILES string of the molecule is CCOC(=O)c1ccccc1-c1ccc(N=CC=C(C)N)c(C)c1. The monoisotopic (exact) mass is 322 g/mol. The van der Waals surface area contributed by atoms with Gasteiger partial charge in [0.25, 0.3) is 0 Å². The number of carbonyl (C=O) groups excluding carboxylic acids is 1. The molecule has 0 radical (unpaired) electrons. The van der Waals surface area contributed by atoms with Crippen LogP contribution in [0.15, 0.2) is 59.2 Å². The second kappa shape index (κ2) is 8.11. The first-order chi connectivity index (χ1) is 11.5. The Morgan fingerprint density at radius 3 is 2.67 bits per heavy atom. The smallest absolute Gasteiger partial charge is 0.338 e. The predicted octanol–water partition coefficient (Wildman–Crippen LogP) is 4.40. The Hall–Kier alpha value is -2.88. The van der Waals surface area contributed by atoms with E-state index in [-0.39, 0.29) is 5.97 Å². The lowest BCUT2D eigenvalue weighted by molar-refractivity contribution is 0.0527. The molecule has 24 heavy (non-hydrogen) atoms. The lowest BCUT2D eigenvalue weighted by Crippen LogP contribution is -2.06. The van der Waals surface area contributed by atoms with Gasteiger partial charge in [0, 0.05) is 11.9 Å². The van der Waals surface area contributed by atoms with Crippen molar-refractivity contribution in [2.45, 2.75) is 20.8 Å². The van der Waals surface area contributed by atoms with Crippen LogP contribution in [0.25, 0.3) is 11.1 Å². The first-order valence-electron chi connectivity index (χ1n) is 7.86. The first kappa shape index (κ1) is 17.5. The van der Waals surface area contributed by atoms with Crippen LogP contribution in [0.1, 0.15) is 29.8 Å². The summed E-state index contributed by atoms with van der Waals surface area (Å²) < 4.78 is 5.14. The maximum atomic E-state index is 12.1. The molecule has 0 amide bonds. The Balaban J connectivity index is 2.38. The number of hydrogen-bond donors (Lipinski definition) is 1. The summed E-state index contributed by atoms with van der Waals surface area (Å²) in [5.74, 6) is -0.309. The number of rotatable bonds is 5. The Morgan fingerprint density at radius 1 is 1.25 bits per heavy atom. The van der Waals surface area contributed by atoms with Gasteiger partial charge >= 0.3 is 5.97 Å². The molecule has 0 saturated heterocycles. The summed E-state index contributed by atoms with van der Waals surface area (Å²) in [5.41, 5.74) is 10.6. The number of aryl methyl sites for hydroxylation is 1. The molecule has 4 heteroatoms. The second-order valence-corrected chi connectivity index (χ2v) is 5.46. The van der Waals surface area contributed by atoms with E-state index < -0.39 is 0 Å². The predicted molar refractivity (Wildman–Crippen MR) is 98.7 cm³/mol. The van der Waals surface area contributed by atoms with Gasteiger partial charge in [0.15, 0.2) is 0 Å². The van der Waals surface area contributed by atoms with E-state index in [1.54, 1.807) is 25.3 Å². The lowest BCUT2D eigenvalue weighted by Gasteiger charge is -2.10. The maximum absolute atomic E-state index is 12.1. The topological polar surface area (TPSA) is 64.7 Å². The third kappa shape index (κ3) is 4.32. The lowest BCUT2D eigenvalue weighted by atomic mass is 9.98. The highest BCUT2D eigenvalue weighted by atomic mass is 16.5. The van der Waals surface area contributed by atoms with Crippen molar-refractivity contribution in [1.29, 1.82) is 0 Å². The van der Waals surface area contributed by atoms with Crippen LogP contribution in [0, 0.1) is 6.92 Å². The molecule has 0 aliphatic rings. The zero-order valence-electron chi connectivity index (χ0n) is 14.2. The molecule has 2 rings (SSSR count). The molecule has 0 spiro atoms. The van der Waals surface area contributed by atoms with Crippen LogP contribution in [0.4, 0.5) is 5.69 Å². The van der Waals surface area contributed by atoms with Crippen LogP contribution in [0.5, 0.6) is 0 Å². The van der Waals surface area contributed by atoms with E-state index in [1.807, 2.05) is 50.2 Å². The largest absolute Gasteiger partial charge is 0.462 e. The number of hydrogen-bond acceptors (Lipinski definition) is 4. The van der Waals surface area contributed by atoms with Gasteiger partial charge in [0.2, 0.25) is 0 Å². The molecule has 0 saturated carbocycles. The molecule has 0 atom stereocenters.